The number of hydrogen-bond donors (Lipinski definition) is 0. The molecule has 0 saturated carbocycles. The van der Waals surface area contributed by atoms with Gasteiger partial charge in [0, 0.05) is 67.0 Å². The second kappa shape index (κ2) is 22.9. The molecule has 2 aromatic heterocycles. The Morgan fingerprint density at radius 1 is 0.222 bits per heavy atom. The van der Waals surface area contributed by atoms with Crippen molar-refractivity contribution in [2.75, 3.05) is 9.80 Å². The first-order valence-corrected chi connectivity index (χ1v) is 35.3. The van der Waals surface area contributed by atoms with E-state index in [4.69, 9.17) is 0 Å². The van der Waals surface area contributed by atoms with Crippen LogP contribution in [0.4, 0.5) is 34.1 Å². The number of aromatic nitrogens is 2. The molecule has 15 aromatic rings. The SMILES string of the molecule is CC(C)(C)c1ccc2c(c1)c1cc(C(C)(C)C)ccc1n2-c1ccc2c(c1)N(c1ccc(-c3ccccc3)cc1)c1cccc3c1B2c1ccc(-n2c4ccc(C(C)(C)C)cc4c4cc(C(C)(C)C)ccc42)cc1N3c1ccc(-c2cc(-c3ccccc3)cc(-c3ccccc3)c2)cc1. The number of hydrogen-bond acceptors (Lipinski definition) is 2. The normalized spacial score (nSPS) is 13.2. The molecule has 482 valence electrons. The summed E-state index contributed by atoms with van der Waals surface area (Å²) in [4.78, 5) is 5.13. The van der Waals surface area contributed by atoms with Gasteiger partial charge in [0.05, 0.1) is 22.1 Å². The molecule has 0 aliphatic carbocycles. The fourth-order valence-corrected chi connectivity index (χ4v) is 15.8. The molecule has 0 amide bonds. The summed E-state index contributed by atoms with van der Waals surface area (Å²) in [6.07, 6.45) is 0. The number of anilines is 6. The van der Waals surface area contributed by atoms with E-state index < -0.39 is 0 Å². The van der Waals surface area contributed by atoms with Crippen molar-refractivity contribution in [1.29, 1.82) is 0 Å². The summed E-state index contributed by atoms with van der Waals surface area (Å²) in [5.74, 6) is 0. The van der Waals surface area contributed by atoms with Crippen LogP contribution in [-0.4, -0.2) is 15.8 Å². The third kappa shape index (κ3) is 10.5. The van der Waals surface area contributed by atoms with Gasteiger partial charge in [-0.25, -0.2) is 0 Å². The maximum absolute atomic E-state index is 2.57. The lowest BCUT2D eigenvalue weighted by Crippen LogP contribution is -2.61. The highest BCUT2D eigenvalue weighted by Gasteiger charge is 2.44. The van der Waals surface area contributed by atoms with Crippen LogP contribution in [-0.2, 0) is 21.7 Å². The smallest absolute Gasteiger partial charge is 0.252 e. The van der Waals surface area contributed by atoms with E-state index in [9.17, 15) is 0 Å². The van der Waals surface area contributed by atoms with Gasteiger partial charge in [-0.05, 0) is 232 Å². The van der Waals surface area contributed by atoms with Gasteiger partial charge in [-0.3, -0.25) is 0 Å². The Balaban J connectivity index is 0.905. The molecule has 0 fully saturated rings. The van der Waals surface area contributed by atoms with Crippen LogP contribution in [0.2, 0.25) is 0 Å². The second-order valence-electron chi connectivity index (χ2n) is 31.9. The van der Waals surface area contributed by atoms with Crippen molar-refractivity contribution < 1.29 is 0 Å². The minimum atomic E-state index is -0.125. The summed E-state index contributed by atoms with van der Waals surface area (Å²) in [5.41, 5.74) is 32.4. The lowest BCUT2D eigenvalue weighted by molar-refractivity contribution is 0.590. The standard InChI is InChI=1S/C94H83BN4/c1-91(2,3)68-35-47-82-76(54-68)77-55-69(92(4,5)6)36-48-83(77)98(82)74-43-45-80-88(58-74)96(72-39-31-63(32-40-72)60-23-16-13-17-24-60)86-29-22-30-87-90(86)95(80)81-46-44-75(99-84-49-37-70(93(7,8)9)56-78(84)79-57-71(94(10,11)12)38-50-85(79)99)59-89(81)97(87)73-41-33-64(34-42-73)67-52-65(61-25-18-14-19-26-61)51-66(53-67)62-27-20-15-21-28-62/h13-59H,1-12H3. The van der Waals surface area contributed by atoms with Crippen LogP contribution < -0.4 is 26.2 Å². The van der Waals surface area contributed by atoms with E-state index in [1.807, 2.05) is 0 Å². The number of benzene rings is 13. The predicted molar refractivity (Wildman–Crippen MR) is 426 cm³/mol. The first-order valence-electron chi connectivity index (χ1n) is 35.3. The van der Waals surface area contributed by atoms with Crippen LogP contribution in [0, 0.1) is 0 Å². The van der Waals surface area contributed by atoms with Gasteiger partial charge in [-0.1, -0.05) is 241 Å². The van der Waals surface area contributed by atoms with E-state index in [0.29, 0.717) is 0 Å². The fourth-order valence-electron chi connectivity index (χ4n) is 15.8. The summed E-state index contributed by atoms with van der Waals surface area (Å²) >= 11 is 0. The van der Waals surface area contributed by atoms with Gasteiger partial charge in [-0.2, -0.15) is 0 Å². The molecule has 0 saturated heterocycles. The highest BCUT2D eigenvalue weighted by molar-refractivity contribution is 7.00. The van der Waals surface area contributed by atoms with E-state index in [-0.39, 0.29) is 28.4 Å². The molecule has 0 unspecified atom stereocenters. The molecule has 2 aliphatic heterocycles. The monoisotopic (exact) mass is 1280 g/mol. The van der Waals surface area contributed by atoms with Gasteiger partial charge in [0.15, 0.2) is 0 Å². The predicted octanol–water partition coefficient (Wildman–Crippen LogP) is 23.8. The average molecular weight is 1280 g/mol. The molecule has 0 atom stereocenters. The lowest BCUT2D eigenvalue weighted by Gasteiger charge is -2.44. The van der Waals surface area contributed by atoms with Gasteiger partial charge in [0.2, 0.25) is 0 Å². The lowest BCUT2D eigenvalue weighted by atomic mass is 9.33. The molecular formula is C94H83BN4. The summed E-state index contributed by atoms with van der Waals surface area (Å²) in [6.45, 7) is 27.8. The first kappa shape index (κ1) is 61.7. The maximum Gasteiger partial charge on any atom is 0.252 e. The number of nitrogens with zero attached hydrogens (tertiary/aromatic N) is 4. The van der Waals surface area contributed by atoms with Crippen molar-refractivity contribution in [3.05, 3.63) is 307 Å². The zero-order valence-electron chi connectivity index (χ0n) is 59.0. The number of fused-ring (bicyclic) bond motifs is 10. The molecule has 4 heterocycles. The largest absolute Gasteiger partial charge is 0.311 e. The molecule has 0 bridgehead atoms. The summed E-state index contributed by atoms with van der Waals surface area (Å²) in [5, 5.41) is 5.11. The van der Waals surface area contributed by atoms with Gasteiger partial charge in [-0.15, -0.1) is 0 Å². The van der Waals surface area contributed by atoms with Gasteiger partial charge in [0.1, 0.15) is 0 Å². The molecule has 13 aromatic carbocycles. The number of rotatable bonds is 8. The van der Waals surface area contributed by atoms with Crippen LogP contribution in [0.3, 0.4) is 0 Å². The van der Waals surface area contributed by atoms with E-state index in [0.717, 1.165) is 51.1 Å². The van der Waals surface area contributed by atoms with Crippen molar-refractivity contribution in [3.8, 4) is 55.9 Å². The van der Waals surface area contributed by atoms with E-state index in [1.165, 1.54) is 121 Å². The van der Waals surface area contributed by atoms with E-state index in [1.54, 1.807) is 0 Å². The Morgan fingerprint density at radius 2 is 0.505 bits per heavy atom. The van der Waals surface area contributed by atoms with Crippen LogP contribution in [0.15, 0.2) is 285 Å². The Morgan fingerprint density at radius 3 is 0.818 bits per heavy atom. The van der Waals surface area contributed by atoms with Crippen molar-refractivity contribution in [2.24, 2.45) is 0 Å². The van der Waals surface area contributed by atoms with E-state index in [2.05, 4.69) is 387 Å². The Hall–Kier alpha value is -10.9. The van der Waals surface area contributed by atoms with Gasteiger partial charge in [0.25, 0.3) is 6.71 Å². The molecule has 0 radical (unpaired) electrons. The zero-order chi connectivity index (χ0) is 68.0. The highest BCUT2D eigenvalue weighted by atomic mass is 15.2. The van der Waals surface area contributed by atoms with Crippen LogP contribution in [0.5, 0.6) is 0 Å². The molecule has 4 nitrogen and oxygen atoms in total. The van der Waals surface area contributed by atoms with Gasteiger partial charge >= 0.3 is 0 Å². The zero-order valence-corrected chi connectivity index (χ0v) is 59.0. The highest BCUT2D eigenvalue weighted by Crippen LogP contribution is 2.48. The Bertz CT molecular complexity index is 5490. The van der Waals surface area contributed by atoms with Crippen molar-refractivity contribution in [2.45, 2.75) is 105 Å². The van der Waals surface area contributed by atoms with Crippen molar-refractivity contribution in [1.82, 2.24) is 9.13 Å². The molecule has 0 spiro atoms. The fraction of sp³-hybridized carbons (Fsp3) is 0.170. The molecule has 5 heteroatoms. The Labute approximate surface area is 584 Å². The second-order valence-corrected chi connectivity index (χ2v) is 31.9. The average Bonchev–Trinajstić information content (AvgIpc) is 1.25. The van der Waals surface area contributed by atoms with Crippen LogP contribution in [0.25, 0.3) is 99.5 Å². The third-order valence-electron chi connectivity index (χ3n) is 21.3. The van der Waals surface area contributed by atoms with Crippen molar-refractivity contribution in [3.63, 3.8) is 0 Å². The molecule has 17 rings (SSSR count). The maximum atomic E-state index is 2.57. The minimum absolute atomic E-state index is 0.0205. The minimum Gasteiger partial charge on any atom is -0.311 e. The quantitative estimate of drug-likeness (QED) is 0.141. The summed E-state index contributed by atoms with van der Waals surface area (Å²) in [6, 6.07) is 109. The molecular weight excluding hydrogens is 1200 g/mol. The summed E-state index contributed by atoms with van der Waals surface area (Å²) < 4.78 is 5.06. The van der Waals surface area contributed by atoms with Crippen molar-refractivity contribution >= 4 is 101 Å². The summed E-state index contributed by atoms with van der Waals surface area (Å²) in [7, 11) is 0. The topological polar surface area (TPSA) is 16.3 Å². The third-order valence-corrected chi connectivity index (χ3v) is 21.3. The molecule has 2 aliphatic rings. The Kier molecular flexibility index (Phi) is 14.2. The van der Waals surface area contributed by atoms with Gasteiger partial charge < -0.3 is 18.9 Å². The van der Waals surface area contributed by atoms with E-state index >= 15 is 0 Å². The first-order chi connectivity index (χ1) is 47.6. The van der Waals surface area contributed by atoms with Crippen LogP contribution in [0.1, 0.15) is 105 Å². The molecule has 99 heavy (non-hydrogen) atoms. The van der Waals surface area contributed by atoms with Crippen LogP contribution >= 0.6 is 0 Å². The molecule has 0 N–H and O–H groups in total.